The van der Waals surface area contributed by atoms with Crippen molar-refractivity contribution < 1.29 is 14.7 Å². The number of amides is 2. The highest BCUT2D eigenvalue weighted by Crippen LogP contribution is 2.22. The molecule has 0 aromatic heterocycles. The van der Waals surface area contributed by atoms with Crippen LogP contribution in [0.2, 0.25) is 0 Å². The first-order valence-corrected chi connectivity index (χ1v) is 7.55. The summed E-state index contributed by atoms with van der Waals surface area (Å²) in [6, 6.07) is -1.19. The Morgan fingerprint density at radius 2 is 2.22 bits per heavy atom. The average molecular weight is 274 g/mol. The summed E-state index contributed by atoms with van der Waals surface area (Å²) in [7, 11) is 0. The van der Waals surface area contributed by atoms with Crippen LogP contribution >= 0.6 is 11.8 Å². The lowest BCUT2D eigenvalue weighted by atomic mass is 9.99. The SMILES string of the molecule is CCC(C)[C@H](NC(=O)NCC1CCSC1)C(=O)O. The minimum Gasteiger partial charge on any atom is -0.480 e. The van der Waals surface area contributed by atoms with Crippen molar-refractivity contribution in [2.45, 2.75) is 32.7 Å². The molecule has 5 nitrogen and oxygen atoms in total. The number of thioether (sulfide) groups is 1. The molecule has 1 aliphatic rings. The largest absolute Gasteiger partial charge is 0.480 e. The van der Waals surface area contributed by atoms with E-state index in [4.69, 9.17) is 5.11 Å². The Kier molecular flexibility index (Phi) is 6.32. The second-order valence-electron chi connectivity index (χ2n) is 4.79. The van der Waals surface area contributed by atoms with Gasteiger partial charge in [0.15, 0.2) is 0 Å². The van der Waals surface area contributed by atoms with Crippen molar-refractivity contribution in [3.63, 3.8) is 0 Å². The summed E-state index contributed by atoms with van der Waals surface area (Å²) in [4.78, 5) is 22.7. The molecule has 2 unspecified atom stereocenters. The van der Waals surface area contributed by atoms with Crippen LogP contribution in [-0.4, -0.2) is 41.2 Å². The number of carbonyl (C=O) groups is 2. The summed E-state index contributed by atoms with van der Waals surface area (Å²) in [5.74, 6) is 1.70. The van der Waals surface area contributed by atoms with Crippen LogP contribution in [0.25, 0.3) is 0 Å². The van der Waals surface area contributed by atoms with Crippen molar-refractivity contribution in [2.24, 2.45) is 11.8 Å². The summed E-state index contributed by atoms with van der Waals surface area (Å²) in [5, 5.41) is 14.4. The molecule has 1 fully saturated rings. The molecule has 0 aromatic rings. The van der Waals surface area contributed by atoms with Crippen LogP contribution in [0, 0.1) is 11.8 Å². The van der Waals surface area contributed by atoms with E-state index in [2.05, 4.69) is 10.6 Å². The topological polar surface area (TPSA) is 78.4 Å². The first kappa shape index (κ1) is 15.1. The second-order valence-corrected chi connectivity index (χ2v) is 5.94. The van der Waals surface area contributed by atoms with E-state index in [0.717, 1.165) is 24.3 Å². The van der Waals surface area contributed by atoms with E-state index >= 15 is 0 Å². The fourth-order valence-corrected chi connectivity index (χ4v) is 3.14. The fraction of sp³-hybridized carbons (Fsp3) is 0.833. The lowest BCUT2D eigenvalue weighted by Gasteiger charge is -2.21. The highest BCUT2D eigenvalue weighted by molar-refractivity contribution is 7.99. The normalized spacial score (nSPS) is 22.2. The zero-order valence-corrected chi connectivity index (χ0v) is 11.8. The molecule has 1 aliphatic heterocycles. The standard InChI is InChI=1S/C12H22N2O3S/c1-3-8(2)10(11(15)16)14-12(17)13-6-9-4-5-18-7-9/h8-10H,3-7H2,1-2H3,(H,15,16)(H2,13,14,17)/t8?,9?,10-/m0/s1. The highest BCUT2D eigenvalue weighted by atomic mass is 32.2. The van der Waals surface area contributed by atoms with Gasteiger partial charge in [-0.1, -0.05) is 20.3 Å². The van der Waals surface area contributed by atoms with Gasteiger partial charge in [0.05, 0.1) is 0 Å². The van der Waals surface area contributed by atoms with E-state index in [1.807, 2.05) is 25.6 Å². The highest BCUT2D eigenvalue weighted by Gasteiger charge is 2.25. The Balaban J connectivity index is 2.33. The molecule has 0 bridgehead atoms. The molecule has 2 amide bonds. The second kappa shape index (κ2) is 7.51. The van der Waals surface area contributed by atoms with Crippen LogP contribution < -0.4 is 10.6 Å². The van der Waals surface area contributed by atoms with Gasteiger partial charge in [0.25, 0.3) is 0 Å². The number of carboxylic acid groups (broad SMARTS) is 1. The summed E-state index contributed by atoms with van der Waals surface area (Å²) in [6.07, 6.45) is 1.84. The third-order valence-electron chi connectivity index (χ3n) is 3.34. The van der Waals surface area contributed by atoms with Gasteiger partial charge in [-0.25, -0.2) is 9.59 Å². The van der Waals surface area contributed by atoms with Crippen molar-refractivity contribution in [1.82, 2.24) is 10.6 Å². The summed E-state index contributed by atoms with van der Waals surface area (Å²) in [6.45, 7) is 4.37. The van der Waals surface area contributed by atoms with E-state index in [-0.39, 0.29) is 11.9 Å². The van der Waals surface area contributed by atoms with Crippen molar-refractivity contribution in [2.75, 3.05) is 18.1 Å². The number of hydrogen-bond donors (Lipinski definition) is 3. The van der Waals surface area contributed by atoms with Crippen LogP contribution in [0.15, 0.2) is 0 Å². The van der Waals surface area contributed by atoms with Gasteiger partial charge < -0.3 is 15.7 Å². The molecule has 6 heteroatoms. The molecule has 3 N–H and O–H groups in total. The number of nitrogens with one attached hydrogen (secondary N) is 2. The van der Waals surface area contributed by atoms with E-state index in [1.165, 1.54) is 0 Å². The zero-order chi connectivity index (χ0) is 13.5. The van der Waals surface area contributed by atoms with Crippen LogP contribution in [0.3, 0.4) is 0 Å². The molecule has 1 rings (SSSR count). The fourth-order valence-electron chi connectivity index (χ4n) is 1.86. The average Bonchev–Trinajstić information content (AvgIpc) is 2.85. The van der Waals surface area contributed by atoms with E-state index in [9.17, 15) is 9.59 Å². The predicted molar refractivity (Wildman–Crippen MR) is 72.8 cm³/mol. The Morgan fingerprint density at radius 3 is 2.72 bits per heavy atom. The van der Waals surface area contributed by atoms with E-state index < -0.39 is 12.0 Å². The Hall–Kier alpha value is -0.910. The van der Waals surface area contributed by atoms with Crippen molar-refractivity contribution in [3.05, 3.63) is 0 Å². The molecule has 0 aromatic carbocycles. The molecule has 0 radical (unpaired) electrons. The van der Waals surface area contributed by atoms with Crippen LogP contribution in [-0.2, 0) is 4.79 Å². The third kappa shape index (κ3) is 4.76. The number of urea groups is 1. The molecular formula is C12H22N2O3S. The van der Waals surface area contributed by atoms with Gasteiger partial charge in [0.1, 0.15) is 6.04 Å². The Morgan fingerprint density at radius 1 is 1.50 bits per heavy atom. The number of carbonyl (C=O) groups excluding carboxylic acids is 1. The maximum atomic E-state index is 11.6. The molecule has 104 valence electrons. The van der Waals surface area contributed by atoms with Crippen molar-refractivity contribution in [1.29, 1.82) is 0 Å². The lowest BCUT2D eigenvalue weighted by Crippen LogP contribution is -2.49. The van der Waals surface area contributed by atoms with Gasteiger partial charge in [-0.3, -0.25) is 0 Å². The Labute approximate surface area is 112 Å². The number of carboxylic acids is 1. The Bertz CT molecular complexity index is 293. The third-order valence-corrected chi connectivity index (χ3v) is 4.57. The van der Waals surface area contributed by atoms with Gasteiger partial charge in [-0.15, -0.1) is 0 Å². The minimum absolute atomic E-state index is 0.0738. The van der Waals surface area contributed by atoms with Crippen LogP contribution in [0.4, 0.5) is 4.79 Å². The van der Waals surface area contributed by atoms with Gasteiger partial charge in [-0.05, 0) is 29.8 Å². The first-order chi connectivity index (χ1) is 8.54. The van der Waals surface area contributed by atoms with E-state index in [0.29, 0.717) is 12.5 Å². The maximum absolute atomic E-state index is 11.6. The summed E-state index contributed by atoms with van der Waals surface area (Å²) < 4.78 is 0. The number of rotatable bonds is 6. The smallest absolute Gasteiger partial charge is 0.326 e. The van der Waals surface area contributed by atoms with Crippen LogP contribution in [0.5, 0.6) is 0 Å². The summed E-state index contributed by atoms with van der Waals surface area (Å²) >= 11 is 1.90. The van der Waals surface area contributed by atoms with Gasteiger partial charge in [0.2, 0.25) is 0 Å². The van der Waals surface area contributed by atoms with E-state index in [1.54, 1.807) is 0 Å². The van der Waals surface area contributed by atoms with Crippen molar-refractivity contribution >= 4 is 23.8 Å². The lowest BCUT2D eigenvalue weighted by molar-refractivity contribution is -0.140. The number of hydrogen-bond acceptors (Lipinski definition) is 3. The molecule has 0 saturated carbocycles. The minimum atomic E-state index is -0.976. The molecule has 3 atom stereocenters. The molecule has 1 heterocycles. The molecular weight excluding hydrogens is 252 g/mol. The van der Waals surface area contributed by atoms with Gasteiger partial charge in [-0.2, -0.15) is 11.8 Å². The number of aliphatic carboxylic acids is 1. The zero-order valence-electron chi connectivity index (χ0n) is 10.9. The van der Waals surface area contributed by atoms with Crippen molar-refractivity contribution in [3.8, 4) is 0 Å². The molecule has 1 saturated heterocycles. The molecule has 18 heavy (non-hydrogen) atoms. The van der Waals surface area contributed by atoms with Gasteiger partial charge >= 0.3 is 12.0 Å². The molecule has 0 aliphatic carbocycles. The molecule has 0 spiro atoms. The monoisotopic (exact) mass is 274 g/mol. The maximum Gasteiger partial charge on any atom is 0.326 e. The van der Waals surface area contributed by atoms with Gasteiger partial charge in [0, 0.05) is 6.54 Å². The summed E-state index contributed by atoms with van der Waals surface area (Å²) in [5.41, 5.74) is 0. The van der Waals surface area contributed by atoms with Crippen LogP contribution in [0.1, 0.15) is 26.7 Å². The quantitative estimate of drug-likeness (QED) is 0.686. The predicted octanol–water partition coefficient (Wildman–Crippen LogP) is 1.54. The first-order valence-electron chi connectivity index (χ1n) is 6.39.